The van der Waals surface area contributed by atoms with Gasteiger partial charge in [0.2, 0.25) is 0 Å². The molecular formula is C10H10N2O3. The molecule has 2 aromatic rings. The van der Waals surface area contributed by atoms with Crippen molar-refractivity contribution in [3.63, 3.8) is 0 Å². The SMILES string of the molecule is NCC(C(=O)O)c1cccc2oncc12. The molecule has 3 N–H and O–H groups in total. The lowest BCUT2D eigenvalue weighted by Crippen LogP contribution is -2.21. The number of carboxylic acids is 1. The molecule has 0 spiro atoms. The molecule has 1 heterocycles. The van der Waals surface area contributed by atoms with Gasteiger partial charge in [0.1, 0.15) is 0 Å². The summed E-state index contributed by atoms with van der Waals surface area (Å²) in [6, 6.07) is 5.20. The third-order valence-electron chi connectivity index (χ3n) is 2.34. The van der Waals surface area contributed by atoms with Crippen LogP contribution < -0.4 is 5.73 Å². The van der Waals surface area contributed by atoms with Crippen molar-refractivity contribution >= 4 is 16.9 Å². The minimum atomic E-state index is -0.939. The first-order valence-electron chi connectivity index (χ1n) is 4.50. The lowest BCUT2D eigenvalue weighted by atomic mass is 9.96. The van der Waals surface area contributed by atoms with E-state index in [1.54, 1.807) is 18.2 Å². The largest absolute Gasteiger partial charge is 0.481 e. The van der Waals surface area contributed by atoms with Crippen LogP contribution in [0.4, 0.5) is 0 Å². The maximum absolute atomic E-state index is 11.0. The molecule has 1 atom stereocenters. The molecule has 1 unspecified atom stereocenters. The van der Waals surface area contributed by atoms with Crippen LogP contribution in [-0.2, 0) is 4.79 Å². The molecule has 0 bridgehead atoms. The molecule has 0 aliphatic rings. The van der Waals surface area contributed by atoms with Crippen LogP contribution in [0.15, 0.2) is 28.9 Å². The van der Waals surface area contributed by atoms with Gasteiger partial charge in [-0.05, 0) is 11.6 Å². The van der Waals surface area contributed by atoms with E-state index in [-0.39, 0.29) is 6.54 Å². The third kappa shape index (κ3) is 1.57. The molecule has 0 saturated heterocycles. The van der Waals surface area contributed by atoms with Crippen LogP contribution >= 0.6 is 0 Å². The number of rotatable bonds is 3. The topological polar surface area (TPSA) is 89.4 Å². The van der Waals surface area contributed by atoms with Crippen molar-refractivity contribution < 1.29 is 14.4 Å². The fourth-order valence-corrected chi connectivity index (χ4v) is 1.58. The highest BCUT2D eigenvalue weighted by molar-refractivity contribution is 5.87. The summed E-state index contributed by atoms with van der Waals surface area (Å²) in [5, 5.41) is 13.3. The standard InChI is InChI=1S/C10H10N2O3/c11-4-7(10(13)14)6-2-1-3-9-8(6)5-12-15-9/h1-3,5,7H,4,11H2,(H,13,14). The molecule has 0 aliphatic heterocycles. The van der Waals surface area contributed by atoms with E-state index in [0.717, 1.165) is 0 Å². The first-order valence-corrected chi connectivity index (χ1v) is 4.50. The highest BCUT2D eigenvalue weighted by Gasteiger charge is 2.21. The van der Waals surface area contributed by atoms with Gasteiger partial charge in [-0.15, -0.1) is 0 Å². The van der Waals surface area contributed by atoms with Crippen molar-refractivity contribution in [2.45, 2.75) is 5.92 Å². The second kappa shape index (κ2) is 3.70. The molecule has 0 fully saturated rings. The van der Waals surface area contributed by atoms with Crippen LogP contribution in [-0.4, -0.2) is 22.8 Å². The summed E-state index contributed by atoms with van der Waals surface area (Å²) in [5.74, 6) is -1.65. The lowest BCUT2D eigenvalue weighted by molar-refractivity contribution is -0.138. The average Bonchev–Trinajstić information content (AvgIpc) is 2.66. The number of aromatic nitrogens is 1. The number of carboxylic acid groups (broad SMARTS) is 1. The summed E-state index contributed by atoms with van der Waals surface area (Å²) in [5.41, 5.74) is 6.65. The van der Waals surface area contributed by atoms with Gasteiger partial charge in [0.15, 0.2) is 5.58 Å². The fourth-order valence-electron chi connectivity index (χ4n) is 1.58. The summed E-state index contributed by atoms with van der Waals surface area (Å²) in [4.78, 5) is 11.0. The first-order chi connectivity index (χ1) is 7.24. The summed E-state index contributed by atoms with van der Waals surface area (Å²) >= 11 is 0. The first kappa shape index (κ1) is 9.67. The number of nitrogens with zero attached hydrogens (tertiary/aromatic N) is 1. The van der Waals surface area contributed by atoms with E-state index < -0.39 is 11.9 Å². The Balaban J connectivity index is 2.59. The minimum Gasteiger partial charge on any atom is -0.481 e. The van der Waals surface area contributed by atoms with E-state index in [1.807, 2.05) is 0 Å². The average molecular weight is 206 g/mol. The Bertz CT molecular complexity index is 492. The number of benzene rings is 1. The molecule has 1 aromatic carbocycles. The van der Waals surface area contributed by atoms with Crippen LogP contribution in [0.25, 0.3) is 11.0 Å². The van der Waals surface area contributed by atoms with Gasteiger partial charge in [-0.1, -0.05) is 17.3 Å². The fraction of sp³-hybridized carbons (Fsp3) is 0.200. The quantitative estimate of drug-likeness (QED) is 0.780. The molecule has 2 rings (SSSR count). The van der Waals surface area contributed by atoms with Crippen LogP contribution in [0.3, 0.4) is 0 Å². The number of hydrogen-bond donors (Lipinski definition) is 2. The Kier molecular flexibility index (Phi) is 2.39. The van der Waals surface area contributed by atoms with Crippen molar-refractivity contribution in [3.8, 4) is 0 Å². The summed E-state index contributed by atoms with van der Waals surface area (Å²) < 4.78 is 4.95. The summed E-state index contributed by atoms with van der Waals surface area (Å²) in [6.45, 7) is 0.0552. The Labute approximate surface area is 85.5 Å². The second-order valence-corrected chi connectivity index (χ2v) is 3.21. The Morgan fingerprint density at radius 2 is 2.40 bits per heavy atom. The maximum Gasteiger partial charge on any atom is 0.312 e. The van der Waals surface area contributed by atoms with Crippen molar-refractivity contribution in [2.75, 3.05) is 6.54 Å². The smallest absolute Gasteiger partial charge is 0.312 e. The maximum atomic E-state index is 11.0. The zero-order chi connectivity index (χ0) is 10.8. The van der Waals surface area contributed by atoms with E-state index in [4.69, 9.17) is 15.4 Å². The molecule has 0 radical (unpaired) electrons. The van der Waals surface area contributed by atoms with E-state index in [9.17, 15) is 4.79 Å². The highest BCUT2D eigenvalue weighted by Crippen LogP contribution is 2.25. The van der Waals surface area contributed by atoms with Crippen molar-refractivity contribution in [1.82, 2.24) is 5.16 Å². The number of hydrogen-bond acceptors (Lipinski definition) is 4. The van der Waals surface area contributed by atoms with Gasteiger partial charge in [-0.25, -0.2) is 0 Å². The summed E-state index contributed by atoms with van der Waals surface area (Å²) in [6.07, 6.45) is 1.51. The number of fused-ring (bicyclic) bond motifs is 1. The van der Waals surface area contributed by atoms with E-state index in [2.05, 4.69) is 5.16 Å². The molecule has 78 valence electrons. The van der Waals surface area contributed by atoms with Gasteiger partial charge in [-0.2, -0.15) is 0 Å². The molecule has 1 aromatic heterocycles. The molecule has 0 saturated carbocycles. The molecule has 0 amide bonds. The van der Waals surface area contributed by atoms with Gasteiger partial charge in [0.05, 0.1) is 12.1 Å². The van der Waals surface area contributed by atoms with Gasteiger partial charge < -0.3 is 15.4 Å². The van der Waals surface area contributed by atoms with Gasteiger partial charge in [0.25, 0.3) is 0 Å². The van der Waals surface area contributed by atoms with Crippen molar-refractivity contribution in [2.24, 2.45) is 5.73 Å². The summed E-state index contributed by atoms with van der Waals surface area (Å²) in [7, 11) is 0. The van der Waals surface area contributed by atoms with E-state index in [0.29, 0.717) is 16.5 Å². The Morgan fingerprint density at radius 1 is 1.60 bits per heavy atom. The van der Waals surface area contributed by atoms with Crippen LogP contribution in [0, 0.1) is 0 Å². The monoisotopic (exact) mass is 206 g/mol. The van der Waals surface area contributed by atoms with Gasteiger partial charge >= 0.3 is 5.97 Å². The van der Waals surface area contributed by atoms with Crippen LogP contribution in [0.5, 0.6) is 0 Å². The third-order valence-corrected chi connectivity index (χ3v) is 2.34. The molecular weight excluding hydrogens is 196 g/mol. The zero-order valence-electron chi connectivity index (χ0n) is 7.88. The predicted molar refractivity (Wildman–Crippen MR) is 53.4 cm³/mol. The number of nitrogens with two attached hydrogens (primary N) is 1. The molecule has 15 heavy (non-hydrogen) atoms. The van der Waals surface area contributed by atoms with E-state index in [1.165, 1.54) is 6.20 Å². The van der Waals surface area contributed by atoms with Gasteiger partial charge in [-0.3, -0.25) is 4.79 Å². The Morgan fingerprint density at radius 3 is 3.07 bits per heavy atom. The minimum absolute atomic E-state index is 0.0552. The highest BCUT2D eigenvalue weighted by atomic mass is 16.5. The molecule has 5 heteroatoms. The Hall–Kier alpha value is -1.88. The van der Waals surface area contributed by atoms with Crippen LogP contribution in [0.1, 0.15) is 11.5 Å². The second-order valence-electron chi connectivity index (χ2n) is 3.21. The molecule has 5 nitrogen and oxygen atoms in total. The van der Waals surface area contributed by atoms with Crippen molar-refractivity contribution in [3.05, 3.63) is 30.0 Å². The lowest BCUT2D eigenvalue weighted by Gasteiger charge is -2.09. The predicted octanol–water partition coefficient (Wildman–Crippen LogP) is 0.955. The number of carbonyl (C=O) groups is 1. The van der Waals surface area contributed by atoms with Gasteiger partial charge in [0, 0.05) is 11.9 Å². The zero-order valence-corrected chi connectivity index (χ0v) is 7.88. The molecule has 0 aliphatic carbocycles. The van der Waals surface area contributed by atoms with Crippen molar-refractivity contribution in [1.29, 1.82) is 0 Å². The normalized spacial score (nSPS) is 12.9. The van der Waals surface area contributed by atoms with E-state index >= 15 is 0 Å². The van der Waals surface area contributed by atoms with Crippen LogP contribution in [0.2, 0.25) is 0 Å². The number of aliphatic carboxylic acids is 1.